The van der Waals surface area contributed by atoms with Crippen LogP contribution < -0.4 is 20.9 Å². The van der Waals surface area contributed by atoms with Crippen LogP contribution in [0.3, 0.4) is 0 Å². The second-order valence-electron chi connectivity index (χ2n) is 25.5. The number of aryl methyl sites for hydroxylation is 3. The Morgan fingerprint density at radius 3 is 2.35 bits per heavy atom. The summed E-state index contributed by atoms with van der Waals surface area (Å²) in [6, 6.07) is 18.7. The number of unbranched alkanes of at least 4 members (excludes halogenated alkanes) is 3. The second-order valence-corrected chi connectivity index (χ2v) is 30.4. The molecule has 19 nitrogen and oxygen atoms in total. The lowest BCUT2D eigenvalue weighted by Gasteiger charge is -2.27. The topological polar surface area (TPSA) is 264 Å². The minimum Gasteiger partial charge on any atom is -0.748 e. The quantitative estimate of drug-likeness (QED) is 0.0154. The van der Waals surface area contributed by atoms with Crippen LogP contribution in [-0.4, -0.2) is 121 Å². The molecule has 486 valence electrons. The molecular weight excluding hydrogens is 1210 g/mol. The molecule has 4 N–H and O–H groups in total. The summed E-state index contributed by atoms with van der Waals surface area (Å²) in [6.45, 7) is 18.2. The lowest BCUT2D eigenvalue weighted by atomic mass is 9.79. The van der Waals surface area contributed by atoms with E-state index in [0.717, 1.165) is 143 Å². The van der Waals surface area contributed by atoms with Crippen LogP contribution in [0.25, 0.3) is 21.5 Å². The van der Waals surface area contributed by atoms with Gasteiger partial charge < -0.3 is 25.4 Å². The lowest BCUT2D eigenvalue weighted by molar-refractivity contribution is -0.437. The van der Waals surface area contributed by atoms with Crippen LogP contribution in [0.15, 0.2) is 125 Å². The predicted molar refractivity (Wildman–Crippen MR) is 358 cm³/mol. The number of benzene rings is 4. The van der Waals surface area contributed by atoms with E-state index in [4.69, 9.17) is 4.98 Å². The molecule has 0 radical (unpaired) electrons. The van der Waals surface area contributed by atoms with Crippen LogP contribution in [0.1, 0.15) is 158 Å². The fourth-order valence-corrected chi connectivity index (χ4v) is 15.6. The first-order valence-electron chi connectivity index (χ1n) is 31.7. The number of aromatic nitrogens is 3. The van der Waals surface area contributed by atoms with Crippen molar-refractivity contribution in [3.63, 3.8) is 0 Å². The molecule has 6 aromatic rings. The first-order chi connectivity index (χ1) is 43.1. The molecule has 0 saturated heterocycles. The Morgan fingerprint density at radius 1 is 0.868 bits per heavy atom. The van der Waals surface area contributed by atoms with Gasteiger partial charge in [-0.25, -0.2) is 36.1 Å². The number of amides is 2. The van der Waals surface area contributed by atoms with E-state index in [-0.39, 0.29) is 60.5 Å². The zero-order chi connectivity index (χ0) is 65.6. The number of sulfonamides is 1. The molecule has 2 amide bonds. The van der Waals surface area contributed by atoms with Gasteiger partial charge in [0.05, 0.1) is 25.3 Å². The zero-order valence-electron chi connectivity index (χ0n) is 53.8. The summed E-state index contributed by atoms with van der Waals surface area (Å²) in [4.78, 5) is 42.4. The summed E-state index contributed by atoms with van der Waals surface area (Å²) in [5.41, 5.74) is 8.20. The minimum atomic E-state index is -4.52. The highest BCUT2D eigenvalue weighted by atomic mass is 32.2. The van der Waals surface area contributed by atoms with E-state index in [1.165, 1.54) is 23.5 Å². The van der Waals surface area contributed by atoms with Crippen LogP contribution in [0.5, 0.6) is 0 Å². The molecule has 0 fully saturated rings. The van der Waals surface area contributed by atoms with Gasteiger partial charge in [0.2, 0.25) is 27.5 Å². The number of carbonyl (C=O) groups is 2. The van der Waals surface area contributed by atoms with Crippen LogP contribution in [0, 0.1) is 6.92 Å². The summed E-state index contributed by atoms with van der Waals surface area (Å²) < 4.78 is 102. The van der Waals surface area contributed by atoms with E-state index in [1.54, 1.807) is 25.1 Å². The first kappa shape index (κ1) is 68.2. The monoisotopic (exact) mass is 1300 g/mol. The van der Waals surface area contributed by atoms with E-state index >= 15 is 0 Å². The van der Waals surface area contributed by atoms with E-state index < -0.39 is 52.9 Å². The largest absolute Gasteiger partial charge is 0.748 e. The maximum absolute atomic E-state index is 14.5. The molecule has 9 rings (SSSR count). The Bertz CT molecular complexity index is 4220. The second kappa shape index (κ2) is 28.3. The minimum absolute atomic E-state index is 0.00842. The SMILES string of the molecule is CCC[N+]1=C(/C=C/C=C/C=C2/N(CCCS(=O)(=O)[O-])c3ccc4ccc(S(=O)(=O)O)cc4c3C2(C)C)C(C)(C)c2c1ccc1c(S(=O)(=O)N(C)CCCC(=O)NC(C)C(=O)NCc3cc4c(nc3CCCCCC[C@@H](C)c3cnc(C)nc3)NCCC4)cccc21. The van der Waals surface area contributed by atoms with Crippen LogP contribution in [0.2, 0.25) is 0 Å². The van der Waals surface area contributed by atoms with E-state index in [9.17, 15) is 43.9 Å². The third kappa shape index (κ3) is 15.5. The summed E-state index contributed by atoms with van der Waals surface area (Å²) in [6.07, 6.45) is 22.7. The number of nitrogens with zero attached hydrogens (tertiary/aromatic N) is 6. The van der Waals surface area contributed by atoms with Crippen LogP contribution >= 0.6 is 0 Å². The van der Waals surface area contributed by atoms with Gasteiger partial charge in [0, 0.05) is 110 Å². The van der Waals surface area contributed by atoms with Crippen molar-refractivity contribution in [3.05, 3.63) is 155 Å². The Labute approximate surface area is 537 Å². The van der Waals surface area contributed by atoms with Crippen molar-refractivity contribution in [2.24, 2.45) is 0 Å². The Kier molecular flexibility index (Phi) is 21.2. The summed E-state index contributed by atoms with van der Waals surface area (Å²) in [5.74, 6) is 0.847. The van der Waals surface area contributed by atoms with Crippen molar-refractivity contribution < 1.29 is 48.5 Å². The van der Waals surface area contributed by atoms with Gasteiger partial charge in [0.15, 0.2) is 5.71 Å². The molecule has 91 heavy (non-hydrogen) atoms. The summed E-state index contributed by atoms with van der Waals surface area (Å²) in [7, 11) is -11.5. The number of allylic oxidation sites excluding steroid dienone is 6. The molecule has 5 heterocycles. The number of rotatable bonds is 28. The zero-order valence-corrected chi connectivity index (χ0v) is 56.3. The maximum Gasteiger partial charge on any atom is 0.294 e. The molecule has 3 aliphatic rings. The molecule has 0 spiro atoms. The van der Waals surface area contributed by atoms with Gasteiger partial charge in [-0.15, -0.1) is 0 Å². The van der Waals surface area contributed by atoms with E-state index in [0.29, 0.717) is 23.2 Å². The lowest BCUT2D eigenvalue weighted by Crippen LogP contribution is -2.44. The normalized spacial score (nSPS) is 16.7. The standard InChI is InChI=1S/C69H87N9O10S3/c1-10-37-77-59-35-33-54-55(64(59)68(5,6)61(77)27-16-13-17-28-62-69(7,8)65-56-42-53(91(86,87)88)32-30-49(56)31-34-58(65)78(62)39-21-40-89(81,82)83)24-18-26-60(54)90(84,85)76(9)38-20-29-63(79)74-47(3)67(80)73-43-51-41-50-23-19-36-70-66(50)75-57(51)25-15-12-11-14-22-46(2)52-44-71-48(4)72-45-52/h13,16-18,24,26-28,30-35,41-42,44-47H,10-12,14-15,19-23,25,29,36-40,43H2,1-9H3,(H4-,70,73,74,75,79,80,81,82,83,86,87,88)/t46-,47?/m1/s1. The average Bonchev–Trinajstić information content (AvgIpc) is 1.56. The fraction of sp³-hybridized carbons (Fsp3) is 0.449. The molecule has 2 aromatic heterocycles. The number of hydrogen-bond donors (Lipinski definition) is 4. The Balaban J connectivity index is 0.821. The van der Waals surface area contributed by atoms with Crippen LogP contribution in [0.4, 0.5) is 17.2 Å². The first-order valence-corrected chi connectivity index (χ1v) is 36.2. The van der Waals surface area contributed by atoms with E-state index in [2.05, 4.69) is 70.3 Å². The molecule has 3 aliphatic heterocycles. The summed E-state index contributed by atoms with van der Waals surface area (Å²) >= 11 is 0. The number of nitrogens with one attached hydrogen (secondary N) is 3. The maximum atomic E-state index is 14.5. The fourth-order valence-electron chi connectivity index (χ4n) is 13.2. The number of anilines is 2. The number of carbonyl (C=O) groups excluding carboxylic acids is 2. The van der Waals surface area contributed by atoms with Gasteiger partial charge in [0.25, 0.3) is 10.1 Å². The van der Waals surface area contributed by atoms with E-state index in [1.807, 2.05) is 92.7 Å². The Hall–Kier alpha value is -7.21. The van der Waals surface area contributed by atoms with Crippen molar-refractivity contribution >= 4 is 86.5 Å². The average molecular weight is 1300 g/mol. The predicted octanol–water partition coefficient (Wildman–Crippen LogP) is 11.1. The third-order valence-corrected chi connectivity index (χ3v) is 21.6. The molecule has 1 unspecified atom stereocenters. The number of pyridine rings is 1. The van der Waals surface area contributed by atoms with Gasteiger partial charge >= 0.3 is 0 Å². The number of fused-ring (bicyclic) bond motifs is 7. The van der Waals surface area contributed by atoms with Crippen molar-refractivity contribution in [1.29, 1.82) is 0 Å². The van der Waals surface area contributed by atoms with Gasteiger partial charge in [-0.2, -0.15) is 13.0 Å². The molecule has 4 aromatic carbocycles. The third-order valence-electron chi connectivity index (χ3n) is 18.1. The van der Waals surface area contributed by atoms with Gasteiger partial charge in [-0.05, 0) is 159 Å². The molecule has 22 heteroatoms. The molecule has 0 bridgehead atoms. The smallest absolute Gasteiger partial charge is 0.294 e. The highest BCUT2D eigenvalue weighted by molar-refractivity contribution is 7.89. The Morgan fingerprint density at radius 2 is 1.62 bits per heavy atom. The van der Waals surface area contributed by atoms with Crippen molar-refractivity contribution in [1.82, 2.24) is 29.9 Å². The molecular formula is C69H87N9O10S3. The van der Waals surface area contributed by atoms with Gasteiger partial charge in [-0.3, -0.25) is 14.1 Å². The van der Waals surface area contributed by atoms with Gasteiger partial charge in [0.1, 0.15) is 24.2 Å². The van der Waals surface area contributed by atoms with Crippen molar-refractivity contribution in [3.8, 4) is 0 Å². The van der Waals surface area contributed by atoms with Crippen molar-refractivity contribution in [2.45, 2.75) is 172 Å². The highest BCUT2D eigenvalue weighted by Gasteiger charge is 2.46. The highest BCUT2D eigenvalue weighted by Crippen LogP contribution is 2.51. The van der Waals surface area contributed by atoms with Crippen molar-refractivity contribution in [2.75, 3.05) is 49.2 Å². The molecule has 2 atom stereocenters. The van der Waals surface area contributed by atoms with Crippen LogP contribution in [-0.2, 0) is 70.1 Å². The van der Waals surface area contributed by atoms with Gasteiger partial charge in [-0.1, -0.05) is 89.5 Å². The summed E-state index contributed by atoms with van der Waals surface area (Å²) in [5, 5.41) is 12.0. The number of hydrogen-bond acceptors (Lipinski definition) is 14. The molecule has 0 aliphatic carbocycles. The molecule has 0 saturated carbocycles.